The van der Waals surface area contributed by atoms with E-state index < -0.39 is 17.8 Å². The van der Waals surface area contributed by atoms with Gasteiger partial charge in [0.15, 0.2) is 0 Å². The van der Waals surface area contributed by atoms with Crippen LogP contribution in [-0.2, 0) is 12.6 Å². The lowest BCUT2D eigenvalue weighted by molar-refractivity contribution is -0.137. The highest BCUT2D eigenvalue weighted by Crippen LogP contribution is 2.34. The summed E-state index contributed by atoms with van der Waals surface area (Å²) in [5.74, 6) is 0.620. The zero-order chi connectivity index (χ0) is 24.3. The van der Waals surface area contributed by atoms with Crippen LogP contribution in [0.5, 0.6) is 11.5 Å². The van der Waals surface area contributed by atoms with Gasteiger partial charge in [-0.3, -0.25) is 14.7 Å². The van der Waals surface area contributed by atoms with Crippen molar-refractivity contribution in [2.24, 2.45) is 0 Å². The van der Waals surface area contributed by atoms with Crippen LogP contribution in [-0.4, -0.2) is 30.5 Å². The molecule has 1 aromatic heterocycles. The van der Waals surface area contributed by atoms with Crippen LogP contribution in [0, 0.1) is 0 Å². The molecule has 4 rings (SSSR count). The number of fused-ring (bicyclic) bond motifs is 1. The minimum Gasteiger partial charge on any atom is -0.457 e. The standard InChI is InChI=1S/C24H21F3N4O3/c1-28-22(32)20-14-19(9-10-29-20)34-18-7-8-21-15(12-18)4-3-11-31(21)23(33)30-17-6-2-5-16(13-17)24(25,26)27/h2,5-10,12-14H,3-4,11H2,1H3,(H,28,32)(H,30,33). The Balaban J connectivity index is 1.51. The number of aromatic nitrogens is 1. The summed E-state index contributed by atoms with van der Waals surface area (Å²) in [6, 6.07) is 12.4. The van der Waals surface area contributed by atoms with Gasteiger partial charge in [0.05, 0.1) is 5.56 Å². The van der Waals surface area contributed by atoms with E-state index in [0.29, 0.717) is 36.6 Å². The molecule has 3 aromatic rings. The van der Waals surface area contributed by atoms with Crippen molar-refractivity contribution in [2.45, 2.75) is 19.0 Å². The van der Waals surface area contributed by atoms with Gasteiger partial charge in [-0.25, -0.2) is 4.79 Å². The number of hydrogen-bond acceptors (Lipinski definition) is 4. The number of aryl methyl sites for hydroxylation is 1. The van der Waals surface area contributed by atoms with Crippen molar-refractivity contribution in [3.8, 4) is 11.5 Å². The lowest BCUT2D eigenvalue weighted by atomic mass is 10.0. The van der Waals surface area contributed by atoms with Gasteiger partial charge in [-0.15, -0.1) is 0 Å². The highest BCUT2D eigenvalue weighted by molar-refractivity contribution is 6.02. The van der Waals surface area contributed by atoms with E-state index in [9.17, 15) is 22.8 Å². The molecule has 2 aromatic carbocycles. The SMILES string of the molecule is CNC(=O)c1cc(Oc2ccc3c(c2)CCCN3C(=O)Nc2cccc(C(F)(F)F)c2)ccn1. The average Bonchev–Trinajstić information content (AvgIpc) is 2.82. The Morgan fingerprint density at radius 2 is 1.85 bits per heavy atom. The second-order valence-electron chi connectivity index (χ2n) is 7.61. The number of alkyl halides is 3. The summed E-state index contributed by atoms with van der Waals surface area (Å²) in [4.78, 5) is 30.1. The van der Waals surface area contributed by atoms with Gasteiger partial charge in [0.1, 0.15) is 17.2 Å². The van der Waals surface area contributed by atoms with E-state index in [1.165, 1.54) is 36.3 Å². The molecule has 0 fully saturated rings. The van der Waals surface area contributed by atoms with Crippen molar-refractivity contribution in [3.05, 3.63) is 77.6 Å². The lowest BCUT2D eigenvalue weighted by Crippen LogP contribution is -2.38. The van der Waals surface area contributed by atoms with Crippen molar-refractivity contribution in [1.82, 2.24) is 10.3 Å². The number of ether oxygens (including phenoxy) is 1. The molecular formula is C24H21F3N4O3. The maximum atomic E-state index is 13.0. The third-order valence-electron chi connectivity index (χ3n) is 5.28. The van der Waals surface area contributed by atoms with Gasteiger partial charge < -0.3 is 15.4 Å². The van der Waals surface area contributed by atoms with Gasteiger partial charge in [0, 0.05) is 37.2 Å². The van der Waals surface area contributed by atoms with Crippen molar-refractivity contribution in [1.29, 1.82) is 0 Å². The number of nitrogens with zero attached hydrogens (tertiary/aromatic N) is 2. The molecule has 0 spiro atoms. The highest BCUT2D eigenvalue weighted by atomic mass is 19.4. The number of pyridine rings is 1. The first kappa shape index (κ1) is 23.1. The van der Waals surface area contributed by atoms with Crippen molar-refractivity contribution in [2.75, 3.05) is 23.8 Å². The fourth-order valence-electron chi connectivity index (χ4n) is 3.68. The number of nitrogens with one attached hydrogen (secondary N) is 2. The van der Waals surface area contributed by atoms with Gasteiger partial charge in [0.25, 0.3) is 5.91 Å². The number of carbonyl (C=O) groups is 2. The van der Waals surface area contributed by atoms with E-state index in [1.807, 2.05) is 0 Å². The number of hydrogen-bond donors (Lipinski definition) is 2. The molecule has 7 nitrogen and oxygen atoms in total. The maximum Gasteiger partial charge on any atom is 0.416 e. The van der Waals surface area contributed by atoms with E-state index >= 15 is 0 Å². The summed E-state index contributed by atoms with van der Waals surface area (Å²) in [6.45, 7) is 0.428. The second kappa shape index (κ2) is 9.42. The molecular weight excluding hydrogens is 449 g/mol. The van der Waals surface area contributed by atoms with Gasteiger partial charge in [-0.1, -0.05) is 6.07 Å². The number of anilines is 2. The molecule has 0 unspecified atom stereocenters. The zero-order valence-electron chi connectivity index (χ0n) is 18.1. The normalized spacial score (nSPS) is 13.1. The smallest absolute Gasteiger partial charge is 0.416 e. The van der Waals surface area contributed by atoms with Gasteiger partial charge >= 0.3 is 12.2 Å². The highest BCUT2D eigenvalue weighted by Gasteiger charge is 2.31. The van der Waals surface area contributed by atoms with Crippen molar-refractivity contribution < 1.29 is 27.5 Å². The van der Waals surface area contributed by atoms with Gasteiger partial charge in [0.2, 0.25) is 0 Å². The Bertz CT molecular complexity index is 1230. The Morgan fingerprint density at radius 3 is 2.62 bits per heavy atom. The fourth-order valence-corrected chi connectivity index (χ4v) is 3.68. The predicted molar refractivity (Wildman–Crippen MR) is 120 cm³/mol. The van der Waals surface area contributed by atoms with Crippen LogP contribution in [0.4, 0.5) is 29.3 Å². The minimum atomic E-state index is -4.50. The Hall–Kier alpha value is -4.08. The largest absolute Gasteiger partial charge is 0.457 e. The molecule has 0 radical (unpaired) electrons. The summed E-state index contributed by atoms with van der Waals surface area (Å²) >= 11 is 0. The Labute approximate surface area is 193 Å². The average molecular weight is 470 g/mol. The first-order valence-electron chi connectivity index (χ1n) is 10.5. The summed E-state index contributed by atoms with van der Waals surface area (Å²) in [5, 5.41) is 5.05. The summed E-state index contributed by atoms with van der Waals surface area (Å²) in [5.41, 5.74) is 0.973. The molecule has 0 saturated heterocycles. The van der Waals surface area contributed by atoms with Crippen LogP contribution >= 0.6 is 0 Å². The number of benzene rings is 2. The van der Waals surface area contributed by atoms with Crippen molar-refractivity contribution in [3.63, 3.8) is 0 Å². The quantitative estimate of drug-likeness (QED) is 0.547. The summed E-state index contributed by atoms with van der Waals surface area (Å²) in [6.07, 6.45) is -1.63. The molecule has 3 amide bonds. The summed E-state index contributed by atoms with van der Waals surface area (Å²) < 4.78 is 44.8. The monoisotopic (exact) mass is 470 g/mol. The van der Waals surface area contributed by atoms with Crippen LogP contribution in [0.25, 0.3) is 0 Å². The van der Waals surface area contributed by atoms with Crippen LogP contribution in [0.15, 0.2) is 60.8 Å². The van der Waals surface area contributed by atoms with E-state index in [0.717, 1.165) is 17.7 Å². The molecule has 176 valence electrons. The van der Waals surface area contributed by atoms with Crippen LogP contribution in [0.2, 0.25) is 0 Å². The Morgan fingerprint density at radius 1 is 1.06 bits per heavy atom. The van der Waals surface area contributed by atoms with Gasteiger partial charge in [-0.2, -0.15) is 13.2 Å². The zero-order valence-corrected chi connectivity index (χ0v) is 18.1. The van der Waals surface area contributed by atoms with Gasteiger partial charge in [-0.05, 0) is 60.9 Å². The first-order valence-corrected chi connectivity index (χ1v) is 10.5. The molecule has 0 bridgehead atoms. The molecule has 34 heavy (non-hydrogen) atoms. The lowest BCUT2D eigenvalue weighted by Gasteiger charge is -2.30. The summed E-state index contributed by atoms with van der Waals surface area (Å²) in [7, 11) is 1.51. The third kappa shape index (κ3) is 5.11. The number of amides is 3. The molecule has 10 heteroatoms. The molecule has 0 atom stereocenters. The van der Waals surface area contributed by atoms with Crippen LogP contribution in [0.3, 0.4) is 0 Å². The topological polar surface area (TPSA) is 83.6 Å². The van der Waals surface area contributed by atoms with Crippen LogP contribution < -0.4 is 20.3 Å². The number of halogens is 3. The number of carbonyl (C=O) groups excluding carboxylic acids is 2. The van der Waals surface area contributed by atoms with E-state index in [4.69, 9.17) is 4.74 Å². The predicted octanol–water partition coefficient (Wildman–Crippen LogP) is 5.24. The molecule has 2 N–H and O–H groups in total. The third-order valence-corrected chi connectivity index (χ3v) is 5.28. The molecule has 1 aliphatic heterocycles. The molecule has 0 saturated carbocycles. The Kier molecular flexibility index (Phi) is 6.40. The number of rotatable bonds is 4. The van der Waals surface area contributed by atoms with E-state index in [-0.39, 0.29) is 17.3 Å². The minimum absolute atomic E-state index is 0.0662. The first-order chi connectivity index (χ1) is 16.2. The molecule has 0 aliphatic carbocycles. The maximum absolute atomic E-state index is 13.0. The van der Waals surface area contributed by atoms with Crippen molar-refractivity contribution >= 4 is 23.3 Å². The van der Waals surface area contributed by atoms with E-state index in [1.54, 1.807) is 24.3 Å². The molecule has 2 heterocycles. The fraction of sp³-hybridized carbons (Fsp3) is 0.208. The van der Waals surface area contributed by atoms with Crippen LogP contribution in [0.1, 0.15) is 28.0 Å². The molecule has 1 aliphatic rings. The number of urea groups is 1. The van der Waals surface area contributed by atoms with E-state index in [2.05, 4.69) is 15.6 Å². The second-order valence-corrected chi connectivity index (χ2v) is 7.61.